The highest BCUT2D eigenvalue weighted by molar-refractivity contribution is 6.30. The molecule has 0 saturated carbocycles. The van der Waals surface area contributed by atoms with Gasteiger partial charge in [-0.3, -0.25) is 4.79 Å². The summed E-state index contributed by atoms with van der Waals surface area (Å²) in [6, 6.07) is 11.6. The molecule has 120 valence electrons. The minimum absolute atomic E-state index is 0.0438. The zero-order valence-electron chi connectivity index (χ0n) is 13.0. The number of carbonyl (C=O) groups excluding carboxylic acids is 1. The third-order valence-corrected chi connectivity index (χ3v) is 4.51. The lowest BCUT2D eigenvalue weighted by Gasteiger charge is -2.23. The number of hydrogen-bond donors (Lipinski definition) is 0. The number of rotatable bonds is 3. The molecule has 1 aromatic heterocycles. The average molecular weight is 330 g/mol. The fraction of sp³-hybridized carbons (Fsp3) is 0.316. The fourth-order valence-electron chi connectivity index (χ4n) is 2.99. The van der Waals surface area contributed by atoms with Gasteiger partial charge in [0.2, 0.25) is 5.91 Å². The van der Waals surface area contributed by atoms with E-state index < -0.39 is 0 Å². The van der Waals surface area contributed by atoms with Crippen molar-refractivity contribution in [2.45, 2.75) is 25.2 Å². The number of amides is 1. The van der Waals surface area contributed by atoms with Crippen molar-refractivity contribution in [3.63, 3.8) is 0 Å². The molecule has 1 atom stereocenters. The van der Waals surface area contributed by atoms with Crippen molar-refractivity contribution < 1.29 is 9.21 Å². The van der Waals surface area contributed by atoms with E-state index >= 15 is 0 Å². The molecule has 3 rings (SSSR count). The second kappa shape index (κ2) is 7.51. The molecule has 0 bridgehead atoms. The van der Waals surface area contributed by atoms with Gasteiger partial charge in [0.15, 0.2) is 0 Å². The van der Waals surface area contributed by atoms with Gasteiger partial charge >= 0.3 is 0 Å². The molecule has 2 aromatic rings. The topological polar surface area (TPSA) is 33.5 Å². The first-order valence-corrected chi connectivity index (χ1v) is 8.36. The summed E-state index contributed by atoms with van der Waals surface area (Å²) < 4.78 is 5.23. The maximum atomic E-state index is 12.5. The van der Waals surface area contributed by atoms with Gasteiger partial charge in [0.1, 0.15) is 5.76 Å². The number of furan rings is 1. The lowest BCUT2D eigenvalue weighted by atomic mass is 9.94. The van der Waals surface area contributed by atoms with Gasteiger partial charge in [-0.15, -0.1) is 0 Å². The molecule has 1 aliphatic rings. The Morgan fingerprint density at radius 3 is 2.78 bits per heavy atom. The molecular weight excluding hydrogens is 310 g/mol. The van der Waals surface area contributed by atoms with Crippen molar-refractivity contribution in [1.82, 2.24) is 4.90 Å². The van der Waals surface area contributed by atoms with Crippen LogP contribution < -0.4 is 0 Å². The first-order valence-electron chi connectivity index (χ1n) is 7.98. The number of halogens is 1. The standard InChI is InChI=1S/C19H20ClNO2/c20-17-8-6-15(7-9-17)16-4-1-2-12-21(14-16)19(22)11-10-18-5-3-13-23-18/h3,5-11,13,16H,1-2,4,12,14H2/b11-10+/t16-/m0/s1. The highest BCUT2D eigenvalue weighted by atomic mass is 35.5. The van der Waals surface area contributed by atoms with E-state index in [2.05, 4.69) is 12.1 Å². The van der Waals surface area contributed by atoms with Crippen LogP contribution in [0.4, 0.5) is 0 Å². The number of likely N-dealkylation sites (tertiary alicyclic amines) is 1. The summed E-state index contributed by atoms with van der Waals surface area (Å²) in [7, 11) is 0. The van der Waals surface area contributed by atoms with Gasteiger partial charge < -0.3 is 9.32 Å². The summed E-state index contributed by atoms with van der Waals surface area (Å²) in [5.74, 6) is 1.11. The van der Waals surface area contributed by atoms with Crippen LogP contribution in [0, 0.1) is 0 Å². The summed E-state index contributed by atoms with van der Waals surface area (Å²) in [6.07, 6.45) is 8.22. The van der Waals surface area contributed by atoms with E-state index in [1.165, 1.54) is 5.56 Å². The van der Waals surface area contributed by atoms with Gasteiger partial charge in [-0.05, 0) is 48.7 Å². The molecule has 1 fully saturated rings. The molecule has 0 unspecified atom stereocenters. The second-order valence-corrected chi connectivity index (χ2v) is 6.31. The maximum Gasteiger partial charge on any atom is 0.246 e. The van der Waals surface area contributed by atoms with E-state index in [1.807, 2.05) is 29.2 Å². The lowest BCUT2D eigenvalue weighted by molar-refractivity contribution is -0.126. The van der Waals surface area contributed by atoms with E-state index in [-0.39, 0.29) is 5.91 Å². The molecule has 23 heavy (non-hydrogen) atoms. The van der Waals surface area contributed by atoms with Crippen molar-refractivity contribution in [1.29, 1.82) is 0 Å². The zero-order valence-corrected chi connectivity index (χ0v) is 13.7. The molecule has 1 saturated heterocycles. The Morgan fingerprint density at radius 2 is 2.04 bits per heavy atom. The van der Waals surface area contributed by atoms with Crippen LogP contribution in [-0.4, -0.2) is 23.9 Å². The van der Waals surface area contributed by atoms with Crippen molar-refractivity contribution in [3.8, 4) is 0 Å². The molecule has 0 N–H and O–H groups in total. The molecule has 4 heteroatoms. The molecule has 2 heterocycles. The van der Waals surface area contributed by atoms with Crippen molar-refractivity contribution in [2.24, 2.45) is 0 Å². The van der Waals surface area contributed by atoms with Crippen LogP contribution in [-0.2, 0) is 4.79 Å². The Hall–Kier alpha value is -2.00. The summed E-state index contributed by atoms with van der Waals surface area (Å²) in [5.41, 5.74) is 1.25. The number of hydrogen-bond acceptors (Lipinski definition) is 2. The summed E-state index contributed by atoms with van der Waals surface area (Å²) in [5, 5.41) is 0.747. The Balaban J connectivity index is 1.69. The van der Waals surface area contributed by atoms with Crippen LogP contribution in [0.5, 0.6) is 0 Å². The predicted molar refractivity (Wildman–Crippen MR) is 92.4 cm³/mol. The fourth-order valence-corrected chi connectivity index (χ4v) is 3.12. The van der Waals surface area contributed by atoms with Gasteiger partial charge in [-0.1, -0.05) is 30.2 Å². The van der Waals surface area contributed by atoms with Crippen LogP contribution in [0.2, 0.25) is 5.02 Å². The average Bonchev–Trinajstić information content (AvgIpc) is 2.96. The Bertz CT molecular complexity index is 661. The van der Waals surface area contributed by atoms with Crippen LogP contribution in [0.25, 0.3) is 6.08 Å². The van der Waals surface area contributed by atoms with E-state index in [1.54, 1.807) is 18.4 Å². The molecule has 0 radical (unpaired) electrons. The molecule has 0 aliphatic carbocycles. The summed E-state index contributed by atoms with van der Waals surface area (Å²) in [4.78, 5) is 14.4. The minimum Gasteiger partial charge on any atom is -0.465 e. The first kappa shape index (κ1) is 15.9. The summed E-state index contributed by atoms with van der Waals surface area (Å²) >= 11 is 5.97. The van der Waals surface area contributed by atoms with Gasteiger partial charge in [-0.2, -0.15) is 0 Å². The lowest BCUT2D eigenvalue weighted by Crippen LogP contribution is -2.32. The van der Waals surface area contributed by atoms with E-state index in [0.29, 0.717) is 11.7 Å². The normalized spacial score (nSPS) is 19.0. The van der Waals surface area contributed by atoms with Crippen molar-refractivity contribution >= 4 is 23.6 Å². The molecular formula is C19H20ClNO2. The third-order valence-electron chi connectivity index (χ3n) is 4.26. The van der Waals surface area contributed by atoms with Gasteiger partial charge in [0, 0.05) is 30.1 Å². The van der Waals surface area contributed by atoms with Crippen LogP contribution >= 0.6 is 11.6 Å². The number of carbonyl (C=O) groups is 1. The van der Waals surface area contributed by atoms with Crippen molar-refractivity contribution in [2.75, 3.05) is 13.1 Å². The zero-order chi connectivity index (χ0) is 16.1. The van der Waals surface area contributed by atoms with Gasteiger partial charge in [-0.25, -0.2) is 0 Å². The van der Waals surface area contributed by atoms with Gasteiger partial charge in [0.05, 0.1) is 6.26 Å². The highest BCUT2D eigenvalue weighted by Crippen LogP contribution is 2.27. The van der Waals surface area contributed by atoms with E-state index in [4.69, 9.17) is 16.0 Å². The number of nitrogens with zero attached hydrogens (tertiary/aromatic N) is 1. The highest BCUT2D eigenvalue weighted by Gasteiger charge is 2.22. The van der Waals surface area contributed by atoms with Crippen LogP contribution in [0.3, 0.4) is 0 Å². The third kappa shape index (κ3) is 4.26. The number of benzene rings is 1. The van der Waals surface area contributed by atoms with Crippen LogP contribution in [0.15, 0.2) is 53.2 Å². The quantitative estimate of drug-likeness (QED) is 0.762. The molecule has 0 spiro atoms. The Morgan fingerprint density at radius 1 is 1.22 bits per heavy atom. The van der Waals surface area contributed by atoms with Crippen molar-refractivity contribution in [3.05, 3.63) is 65.1 Å². The smallest absolute Gasteiger partial charge is 0.246 e. The molecule has 1 amide bonds. The Labute approximate surface area is 141 Å². The summed E-state index contributed by atoms with van der Waals surface area (Å²) in [6.45, 7) is 1.56. The largest absolute Gasteiger partial charge is 0.465 e. The Kier molecular flexibility index (Phi) is 5.19. The monoisotopic (exact) mass is 329 g/mol. The van der Waals surface area contributed by atoms with Crippen LogP contribution in [0.1, 0.15) is 36.5 Å². The molecule has 3 nitrogen and oxygen atoms in total. The minimum atomic E-state index is 0.0438. The first-order chi connectivity index (χ1) is 11.2. The second-order valence-electron chi connectivity index (χ2n) is 5.88. The predicted octanol–water partition coefficient (Wildman–Crippen LogP) is 4.74. The van der Waals surface area contributed by atoms with Gasteiger partial charge in [0.25, 0.3) is 0 Å². The molecule has 1 aliphatic heterocycles. The molecule has 1 aromatic carbocycles. The SMILES string of the molecule is O=C(/C=C/c1ccco1)N1CCCC[C@H](c2ccc(Cl)cc2)C1. The van der Waals surface area contributed by atoms with E-state index in [0.717, 1.165) is 37.4 Å². The van der Waals surface area contributed by atoms with E-state index in [9.17, 15) is 4.79 Å². The maximum absolute atomic E-state index is 12.5.